The lowest BCUT2D eigenvalue weighted by atomic mass is 10.1. The molecule has 0 fully saturated rings. The molecule has 0 spiro atoms. The number of anilines is 1. The average molecular weight is 398 g/mol. The van der Waals surface area contributed by atoms with Gasteiger partial charge in [-0.3, -0.25) is 4.79 Å². The molecular formula is C22H26N2O5. The van der Waals surface area contributed by atoms with E-state index in [-0.39, 0.29) is 18.0 Å². The van der Waals surface area contributed by atoms with Crippen LogP contribution in [0.1, 0.15) is 22.8 Å². The molecule has 0 aliphatic carbocycles. The molecule has 2 unspecified atom stereocenters. The third-order valence-electron chi connectivity index (χ3n) is 4.85. The summed E-state index contributed by atoms with van der Waals surface area (Å²) in [5.74, 6) is 0.262. The monoisotopic (exact) mass is 398 g/mol. The number of carbonyl (C=O) groups excluding carboxylic acids is 2. The third-order valence-corrected chi connectivity index (χ3v) is 4.85. The minimum Gasteiger partial charge on any atom is -0.489 e. The van der Waals surface area contributed by atoms with Gasteiger partial charge in [-0.2, -0.15) is 0 Å². The molecule has 1 amide bonds. The van der Waals surface area contributed by atoms with Crippen LogP contribution in [0.25, 0.3) is 0 Å². The van der Waals surface area contributed by atoms with Gasteiger partial charge >= 0.3 is 5.97 Å². The SMILES string of the molecule is CCOC(Cc1ccc(OCC2Nc3ccccc3C(=O)N2C)cc1)C(=O)OC. The van der Waals surface area contributed by atoms with E-state index in [4.69, 9.17) is 14.2 Å². The summed E-state index contributed by atoms with van der Waals surface area (Å²) in [4.78, 5) is 25.9. The van der Waals surface area contributed by atoms with Crippen LogP contribution >= 0.6 is 0 Å². The number of methoxy groups -OCH3 is 1. The Labute approximate surface area is 170 Å². The van der Waals surface area contributed by atoms with Crippen LogP contribution in [0.3, 0.4) is 0 Å². The Morgan fingerprint density at radius 1 is 1.17 bits per heavy atom. The highest BCUT2D eigenvalue weighted by atomic mass is 16.6. The number of carbonyl (C=O) groups is 2. The number of fused-ring (bicyclic) bond motifs is 1. The van der Waals surface area contributed by atoms with Crippen LogP contribution in [-0.2, 0) is 20.7 Å². The lowest BCUT2D eigenvalue weighted by molar-refractivity contribution is -0.153. The van der Waals surface area contributed by atoms with Gasteiger partial charge in [0.25, 0.3) is 5.91 Å². The second-order valence-corrected chi connectivity index (χ2v) is 6.75. The van der Waals surface area contributed by atoms with Crippen LogP contribution in [0.4, 0.5) is 5.69 Å². The highest BCUT2D eigenvalue weighted by molar-refractivity contribution is 6.01. The van der Waals surface area contributed by atoms with Crippen molar-refractivity contribution in [3.63, 3.8) is 0 Å². The molecule has 0 radical (unpaired) electrons. The zero-order valence-electron chi connectivity index (χ0n) is 16.9. The number of esters is 1. The number of amides is 1. The second kappa shape index (κ2) is 9.43. The van der Waals surface area contributed by atoms with Crippen LogP contribution < -0.4 is 10.1 Å². The summed E-state index contributed by atoms with van der Waals surface area (Å²) in [6.07, 6.45) is -0.458. The van der Waals surface area contributed by atoms with E-state index in [2.05, 4.69) is 5.32 Å². The standard InChI is InChI=1S/C22H26N2O5/c1-4-28-19(22(26)27-3)13-15-9-11-16(12-10-15)29-14-20-23-18-8-6-5-7-17(18)21(25)24(20)2/h5-12,19-20,23H,4,13-14H2,1-3H3. The lowest BCUT2D eigenvalue weighted by Gasteiger charge is -2.35. The molecule has 1 N–H and O–H groups in total. The number of hydrogen-bond donors (Lipinski definition) is 1. The van der Waals surface area contributed by atoms with Gasteiger partial charge in [-0.25, -0.2) is 4.79 Å². The first-order chi connectivity index (χ1) is 14.0. The highest BCUT2D eigenvalue weighted by Gasteiger charge is 2.29. The molecule has 1 heterocycles. The van der Waals surface area contributed by atoms with E-state index >= 15 is 0 Å². The van der Waals surface area contributed by atoms with Gasteiger partial charge in [0.15, 0.2) is 6.10 Å². The van der Waals surface area contributed by atoms with Crippen molar-refractivity contribution in [1.82, 2.24) is 4.90 Å². The Hall–Kier alpha value is -3.06. The molecule has 3 rings (SSSR count). The van der Waals surface area contributed by atoms with Gasteiger partial charge in [0, 0.05) is 25.8 Å². The van der Waals surface area contributed by atoms with Crippen LogP contribution in [-0.4, -0.2) is 56.4 Å². The molecule has 2 aromatic carbocycles. The van der Waals surface area contributed by atoms with Gasteiger partial charge in [0.2, 0.25) is 0 Å². The van der Waals surface area contributed by atoms with Gasteiger partial charge in [-0.1, -0.05) is 24.3 Å². The van der Waals surface area contributed by atoms with E-state index < -0.39 is 6.10 Å². The van der Waals surface area contributed by atoms with E-state index in [1.54, 1.807) is 18.0 Å². The average Bonchev–Trinajstić information content (AvgIpc) is 2.75. The lowest BCUT2D eigenvalue weighted by Crippen LogP contribution is -2.49. The maximum atomic E-state index is 12.5. The van der Waals surface area contributed by atoms with E-state index in [0.29, 0.717) is 30.9 Å². The molecule has 154 valence electrons. The van der Waals surface area contributed by atoms with Crippen molar-refractivity contribution in [2.24, 2.45) is 0 Å². The van der Waals surface area contributed by atoms with Crippen molar-refractivity contribution in [2.45, 2.75) is 25.6 Å². The minimum absolute atomic E-state index is 0.0342. The third kappa shape index (κ3) is 4.86. The molecular weight excluding hydrogens is 372 g/mol. The number of nitrogens with one attached hydrogen (secondary N) is 1. The molecule has 7 heteroatoms. The molecule has 1 aliphatic rings. The van der Waals surface area contributed by atoms with Crippen LogP contribution in [0.15, 0.2) is 48.5 Å². The number of hydrogen-bond acceptors (Lipinski definition) is 6. The topological polar surface area (TPSA) is 77.1 Å². The number of rotatable bonds is 8. The predicted octanol–water partition coefficient (Wildman–Crippen LogP) is 2.71. The van der Waals surface area contributed by atoms with Gasteiger partial charge in [0.1, 0.15) is 18.5 Å². The number of benzene rings is 2. The van der Waals surface area contributed by atoms with Gasteiger partial charge in [-0.05, 0) is 36.8 Å². The number of likely N-dealkylation sites (N-methyl/N-ethyl adjacent to an activating group) is 1. The fraction of sp³-hybridized carbons (Fsp3) is 0.364. The molecule has 0 aromatic heterocycles. The van der Waals surface area contributed by atoms with Crippen molar-refractivity contribution < 1.29 is 23.8 Å². The number of ether oxygens (including phenoxy) is 3. The quantitative estimate of drug-likeness (QED) is 0.689. The largest absolute Gasteiger partial charge is 0.489 e. The summed E-state index contributed by atoms with van der Waals surface area (Å²) in [6, 6.07) is 14.9. The fourth-order valence-corrected chi connectivity index (χ4v) is 3.21. The van der Waals surface area contributed by atoms with E-state index in [0.717, 1.165) is 11.3 Å². The van der Waals surface area contributed by atoms with E-state index in [1.807, 2.05) is 49.4 Å². The Morgan fingerprint density at radius 3 is 2.59 bits per heavy atom. The molecule has 2 aromatic rings. The van der Waals surface area contributed by atoms with Crippen molar-refractivity contribution in [3.05, 3.63) is 59.7 Å². The normalized spacial score (nSPS) is 16.6. The molecule has 1 aliphatic heterocycles. The molecule has 0 saturated carbocycles. The predicted molar refractivity (Wildman–Crippen MR) is 109 cm³/mol. The maximum Gasteiger partial charge on any atom is 0.335 e. The zero-order chi connectivity index (χ0) is 20.8. The van der Waals surface area contributed by atoms with Gasteiger partial charge in [0.05, 0.1) is 12.7 Å². The Bertz CT molecular complexity index is 853. The van der Waals surface area contributed by atoms with Crippen molar-refractivity contribution in [2.75, 3.05) is 32.7 Å². The Balaban J connectivity index is 1.59. The van der Waals surface area contributed by atoms with Crippen molar-refractivity contribution >= 4 is 17.6 Å². The first kappa shape index (κ1) is 20.7. The highest BCUT2D eigenvalue weighted by Crippen LogP contribution is 2.24. The summed E-state index contributed by atoms with van der Waals surface area (Å²) < 4.78 is 16.1. The summed E-state index contributed by atoms with van der Waals surface area (Å²) in [7, 11) is 3.10. The molecule has 2 atom stereocenters. The molecule has 7 nitrogen and oxygen atoms in total. The molecule has 0 saturated heterocycles. The van der Waals surface area contributed by atoms with Crippen LogP contribution in [0.5, 0.6) is 5.75 Å². The Morgan fingerprint density at radius 2 is 1.90 bits per heavy atom. The summed E-state index contributed by atoms with van der Waals surface area (Å²) in [5, 5.41) is 3.33. The summed E-state index contributed by atoms with van der Waals surface area (Å²) >= 11 is 0. The zero-order valence-corrected chi connectivity index (χ0v) is 16.9. The first-order valence-electron chi connectivity index (χ1n) is 9.57. The molecule has 29 heavy (non-hydrogen) atoms. The van der Waals surface area contributed by atoms with E-state index in [9.17, 15) is 9.59 Å². The smallest absolute Gasteiger partial charge is 0.335 e. The Kier molecular flexibility index (Phi) is 6.72. The molecule has 0 bridgehead atoms. The number of para-hydroxylation sites is 1. The van der Waals surface area contributed by atoms with Crippen molar-refractivity contribution in [3.8, 4) is 5.75 Å². The summed E-state index contributed by atoms with van der Waals surface area (Å²) in [6.45, 7) is 2.58. The number of nitrogens with zero attached hydrogens (tertiary/aromatic N) is 1. The van der Waals surface area contributed by atoms with Crippen LogP contribution in [0.2, 0.25) is 0 Å². The minimum atomic E-state index is -0.622. The van der Waals surface area contributed by atoms with Crippen molar-refractivity contribution in [1.29, 1.82) is 0 Å². The van der Waals surface area contributed by atoms with Gasteiger partial charge < -0.3 is 24.4 Å². The van der Waals surface area contributed by atoms with E-state index in [1.165, 1.54) is 7.11 Å². The fourth-order valence-electron chi connectivity index (χ4n) is 3.21. The first-order valence-corrected chi connectivity index (χ1v) is 9.57. The summed E-state index contributed by atoms with van der Waals surface area (Å²) in [5.41, 5.74) is 2.41. The maximum absolute atomic E-state index is 12.5. The van der Waals surface area contributed by atoms with Crippen LogP contribution in [0, 0.1) is 0 Å². The second-order valence-electron chi connectivity index (χ2n) is 6.75. The van der Waals surface area contributed by atoms with Gasteiger partial charge in [-0.15, -0.1) is 0 Å².